The molecule has 0 aliphatic carbocycles. The van der Waals surface area contributed by atoms with Crippen molar-refractivity contribution in [2.45, 2.75) is 13.8 Å². The molecule has 0 unspecified atom stereocenters. The lowest BCUT2D eigenvalue weighted by Gasteiger charge is -2.16. The summed E-state index contributed by atoms with van der Waals surface area (Å²) >= 11 is 1.21. The number of hydrogen-bond donors (Lipinski definition) is 1. The van der Waals surface area contributed by atoms with Crippen LogP contribution in [-0.4, -0.2) is 47.3 Å². The molecule has 2 aromatic carbocycles. The van der Waals surface area contributed by atoms with Gasteiger partial charge in [0.2, 0.25) is 0 Å². The highest BCUT2D eigenvalue weighted by Crippen LogP contribution is 2.35. The molecular weight excluding hydrogens is 374 g/mol. The number of nitrogens with zero attached hydrogens (tertiary/aromatic N) is 1. The second kappa shape index (κ2) is 9.08. The van der Waals surface area contributed by atoms with Crippen LogP contribution in [0.1, 0.15) is 16.7 Å². The Hall–Kier alpha value is -2.57. The highest BCUT2D eigenvalue weighted by molar-refractivity contribution is 8.04. The third-order valence-corrected chi connectivity index (χ3v) is 5.36. The van der Waals surface area contributed by atoms with Crippen LogP contribution in [0.2, 0.25) is 0 Å². The summed E-state index contributed by atoms with van der Waals surface area (Å²) in [4.78, 5) is 27.4. The zero-order valence-corrected chi connectivity index (χ0v) is 16.8. The van der Waals surface area contributed by atoms with Gasteiger partial charge in [-0.25, -0.2) is 0 Å². The Bertz CT molecular complexity index is 888. The number of aryl methyl sites for hydroxylation is 2. The Morgan fingerprint density at radius 2 is 1.68 bits per heavy atom. The van der Waals surface area contributed by atoms with E-state index in [2.05, 4.69) is 6.07 Å². The summed E-state index contributed by atoms with van der Waals surface area (Å²) in [5, 5.41) is 9.14. The molecule has 146 valence electrons. The van der Waals surface area contributed by atoms with Gasteiger partial charge in [-0.1, -0.05) is 36.4 Å². The van der Waals surface area contributed by atoms with E-state index in [0.29, 0.717) is 21.8 Å². The molecule has 0 saturated heterocycles. The van der Waals surface area contributed by atoms with Crippen LogP contribution in [0.15, 0.2) is 53.4 Å². The molecule has 0 spiro atoms. The second-order valence-electron chi connectivity index (χ2n) is 6.58. The van der Waals surface area contributed by atoms with Crippen LogP contribution in [0.25, 0.3) is 5.57 Å². The first-order chi connectivity index (χ1) is 13.5. The van der Waals surface area contributed by atoms with E-state index in [4.69, 9.17) is 9.84 Å². The molecule has 0 saturated carbocycles. The maximum absolute atomic E-state index is 13.0. The molecule has 3 rings (SSSR count). The molecule has 6 heteroatoms. The molecule has 0 fully saturated rings. The Balaban J connectivity index is 1.74. The van der Waals surface area contributed by atoms with Crippen LogP contribution in [0, 0.1) is 13.8 Å². The molecule has 2 aromatic rings. The molecule has 1 heterocycles. The zero-order chi connectivity index (χ0) is 20.1. The van der Waals surface area contributed by atoms with Crippen LogP contribution in [0.3, 0.4) is 0 Å². The van der Waals surface area contributed by atoms with E-state index in [-0.39, 0.29) is 31.6 Å². The topological polar surface area (TPSA) is 66.8 Å². The van der Waals surface area contributed by atoms with Crippen LogP contribution in [0.5, 0.6) is 5.75 Å². The third kappa shape index (κ3) is 4.46. The van der Waals surface area contributed by atoms with Crippen molar-refractivity contribution in [3.05, 3.63) is 70.1 Å². The van der Waals surface area contributed by atoms with Crippen molar-refractivity contribution in [1.82, 2.24) is 4.90 Å². The van der Waals surface area contributed by atoms with Gasteiger partial charge in [0.1, 0.15) is 12.4 Å². The van der Waals surface area contributed by atoms with Crippen LogP contribution < -0.4 is 4.74 Å². The maximum atomic E-state index is 13.0. The number of rotatable bonds is 8. The number of thioether (sulfide) groups is 1. The zero-order valence-electron chi connectivity index (χ0n) is 16.0. The van der Waals surface area contributed by atoms with E-state index in [1.807, 2.05) is 56.3 Å². The number of imide groups is 1. The monoisotopic (exact) mass is 397 g/mol. The lowest BCUT2D eigenvalue weighted by molar-refractivity contribution is -0.136. The van der Waals surface area contributed by atoms with Gasteiger partial charge in [-0.05, 0) is 42.7 Å². The van der Waals surface area contributed by atoms with E-state index in [9.17, 15) is 9.59 Å². The van der Waals surface area contributed by atoms with Crippen molar-refractivity contribution < 1.29 is 19.4 Å². The molecule has 0 atom stereocenters. The van der Waals surface area contributed by atoms with Crippen molar-refractivity contribution in [3.63, 3.8) is 0 Å². The van der Waals surface area contributed by atoms with Crippen molar-refractivity contribution >= 4 is 29.1 Å². The minimum Gasteiger partial charge on any atom is -0.492 e. The maximum Gasteiger partial charge on any atom is 0.268 e. The molecule has 5 nitrogen and oxygen atoms in total. The average Bonchev–Trinajstić information content (AvgIpc) is 2.90. The fraction of sp³-hybridized carbons (Fsp3) is 0.273. The molecule has 1 aliphatic rings. The normalized spacial score (nSPS) is 14.2. The predicted molar refractivity (Wildman–Crippen MR) is 111 cm³/mol. The number of aliphatic hydroxyl groups excluding tert-OH is 1. The Morgan fingerprint density at radius 1 is 1.00 bits per heavy atom. The van der Waals surface area contributed by atoms with Crippen LogP contribution in [-0.2, 0) is 9.59 Å². The van der Waals surface area contributed by atoms with Gasteiger partial charge >= 0.3 is 0 Å². The third-order valence-electron chi connectivity index (χ3n) is 4.30. The predicted octanol–water partition coefficient (Wildman–Crippen LogP) is 3.19. The second-order valence-corrected chi connectivity index (χ2v) is 7.68. The Kier molecular flexibility index (Phi) is 6.54. The van der Waals surface area contributed by atoms with Crippen LogP contribution in [0.4, 0.5) is 0 Å². The van der Waals surface area contributed by atoms with Crippen molar-refractivity contribution in [2.24, 2.45) is 0 Å². The first-order valence-corrected chi connectivity index (χ1v) is 10.1. The largest absolute Gasteiger partial charge is 0.492 e. The average molecular weight is 397 g/mol. The lowest BCUT2D eigenvalue weighted by atomic mass is 10.1. The summed E-state index contributed by atoms with van der Waals surface area (Å²) in [6, 6.07) is 15.1. The lowest BCUT2D eigenvalue weighted by Crippen LogP contribution is -2.35. The fourth-order valence-electron chi connectivity index (χ4n) is 3.17. The minimum absolute atomic E-state index is 0.0620. The van der Waals surface area contributed by atoms with Crippen molar-refractivity contribution in [2.75, 3.05) is 25.5 Å². The number of carbonyl (C=O) groups is 2. The molecular formula is C22H23NO4S. The molecule has 0 bridgehead atoms. The smallest absolute Gasteiger partial charge is 0.268 e. The summed E-state index contributed by atoms with van der Waals surface area (Å²) < 4.78 is 5.77. The number of aliphatic hydroxyl groups is 1. The van der Waals surface area contributed by atoms with Crippen molar-refractivity contribution in [3.8, 4) is 5.75 Å². The number of carbonyl (C=O) groups excluding carboxylic acids is 2. The molecule has 2 amide bonds. The van der Waals surface area contributed by atoms with Gasteiger partial charge in [-0.2, -0.15) is 0 Å². The van der Waals surface area contributed by atoms with Gasteiger partial charge < -0.3 is 9.84 Å². The number of ether oxygens (including phenoxy) is 1. The van der Waals surface area contributed by atoms with Gasteiger partial charge in [0, 0.05) is 5.75 Å². The molecule has 0 radical (unpaired) electrons. The summed E-state index contributed by atoms with van der Waals surface area (Å²) in [7, 11) is 0. The first-order valence-electron chi connectivity index (χ1n) is 9.12. The van der Waals surface area contributed by atoms with Gasteiger partial charge in [0.15, 0.2) is 0 Å². The number of hydrogen-bond acceptors (Lipinski definition) is 5. The Morgan fingerprint density at radius 3 is 2.32 bits per heavy atom. The van der Waals surface area contributed by atoms with E-state index >= 15 is 0 Å². The van der Waals surface area contributed by atoms with E-state index in [1.165, 1.54) is 16.7 Å². The standard InChI is InChI=1S/C22H23NO4S/c1-15-12-16(2)14-18(13-15)27-10-8-23-21(25)19(17-6-4-3-5-7-17)20(22(23)26)28-11-9-24/h3-7,12-14,24H,8-11H2,1-2H3. The quantitative estimate of drug-likeness (QED) is 0.693. The van der Waals surface area contributed by atoms with Gasteiger partial charge in [0.05, 0.1) is 23.6 Å². The molecule has 1 aliphatic heterocycles. The van der Waals surface area contributed by atoms with E-state index < -0.39 is 0 Å². The van der Waals surface area contributed by atoms with Gasteiger partial charge in [-0.3, -0.25) is 14.5 Å². The molecule has 0 aromatic heterocycles. The summed E-state index contributed by atoms with van der Waals surface area (Å²) in [6.07, 6.45) is 0. The highest BCUT2D eigenvalue weighted by Gasteiger charge is 2.38. The molecule has 1 N–H and O–H groups in total. The van der Waals surface area contributed by atoms with Gasteiger partial charge in [-0.15, -0.1) is 11.8 Å². The fourth-order valence-corrected chi connectivity index (χ4v) is 4.05. The van der Waals surface area contributed by atoms with Crippen molar-refractivity contribution in [1.29, 1.82) is 0 Å². The first kappa shape index (κ1) is 20.2. The summed E-state index contributed by atoms with van der Waals surface area (Å²) in [6.45, 7) is 4.32. The summed E-state index contributed by atoms with van der Waals surface area (Å²) in [5.41, 5.74) is 3.30. The highest BCUT2D eigenvalue weighted by atomic mass is 32.2. The summed E-state index contributed by atoms with van der Waals surface area (Å²) in [5.74, 6) is 0.437. The van der Waals surface area contributed by atoms with Crippen LogP contribution >= 0.6 is 11.8 Å². The number of benzene rings is 2. The SMILES string of the molecule is Cc1cc(C)cc(OCCN2C(=O)C(SCCO)=C(c3ccccc3)C2=O)c1. The van der Waals surface area contributed by atoms with E-state index in [1.54, 1.807) is 0 Å². The van der Waals surface area contributed by atoms with E-state index in [0.717, 1.165) is 16.9 Å². The van der Waals surface area contributed by atoms with Gasteiger partial charge in [0.25, 0.3) is 11.8 Å². The molecule has 28 heavy (non-hydrogen) atoms. The Labute approximate surface area is 169 Å². The minimum atomic E-state index is -0.327. The number of amides is 2.